The Hall–Kier alpha value is -0.610. The quantitative estimate of drug-likeness (QED) is 0.801. The lowest BCUT2D eigenvalue weighted by molar-refractivity contribution is -0.131. The van der Waals surface area contributed by atoms with Crippen LogP contribution >= 0.6 is 0 Å². The van der Waals surface area contributed by atoms with Crippen LogP contribution < -0.4 is 5.32 Å². The number of carbonyl (C=O) groups is 1. The monoisotopic (exact) mass is 253 g/mol. The number of amides is 1. The van der Waals surface area contributed by atoms with Crippen LogP contribution in [0.4, 0.5) is 0 Å². The Balaban J connectivity index is 1.93. The van der Waals surface area contributed by atoms with E-state index in [2.05, 4.69) is 38.2 Å². The molecule has 1 amide bonds. The van der Waals surface area contributed by atoms with Crippen molar-refractivity contribution < 1.29 is 4.79 Å². The predicted octanol–water partition coefficient (Wildman–Crippen LogP) is 1.27. The lowest BCUT2D eigenvalue weighted by Crippen LogP contribution is -2.57. The van der Waals surface area contributed by atoms with Crippen molar-refractivity contribution in [3.05, 3.63) is 0 Å². The van der Waals surface area contributed by atoms with Gasteiger partial charge in [0, 0.05) is 12.1 Å². The molecule has 1 unspecified atom stereocenters. The smallest absolute Gasteiger partial charge is 0.240 e. The summed E-state index contributed by atoms with van der Waals surface area (Å²) in [5.74, 6) is 0.870. The highest BCUT2D eigenvalue weighted by atomic mass is 16.2. The number of likely N-dealkylation sites (N-methyl/N-ethyl adjacent to an activating group) is 1. The average molecular weight is 253 g/mol. The third kappa shape index (κ3) is 2.54. The van der Waals surface area contributed by atoms with E-state index in [9.17, 15) is 4.79 Å². The van der Waals surface area contributed by atoms with E-state index in [4.69, 9.17) is 0 Å². The number of nitrogens with one attached hydrogen (secondary N) is 1. The Bertz CT molecular complexity index is 310. The fourth-order valence-corrected chi connectivity index (χ4v) is 3.08. The molecule has 1 aliphatic carbocycles. The van der Waals surface area contributed by atoms with Crippen LogP contribution in [0.2, 0.25) is 0 Å². The van der Waals surface area contributed by atoms with E-state index in [-0.39, 0.29) is 11.6 Å². The first kappa shape index (κ1) is 13.8. The molecule has 1 saturated carbocycles. The minimum atomic E-state index is 0.0456. The Kier molecular flexibility index (Phi) is 3.97. The average Bonchev–Trinajstić information content (AvgIpc) is 2.53. The molecule has 0 aromatic rings. The fourth-order valence-electron chi connectivity index (χ4n) is 3.08. The van der Waals surface area contributed by atoms with Crippen LogP contribution in [0.5, 0.6) is 0 Å². The summed E-state index contributed by atoms with van der Waals surface area (Å²) in [7, 11) is 4.28. The maximum Gasteiger partial charge on any atom is 0.240 e. The molecule has 0 bridgehead atoms. The second-order valence-corrected chi connectivity index (χ2v) is 6.55. The van der Waals surface area contributed by atoms with E-state index in [0.29, 0.717) is 11.8 Å². The zero-order valence-corrected chi connectivity index (χ0v) is 12.2. The Labute approximate surface area is 111 Å². The maximum atomic E-state index is 12.3. The van der Waals surface area contributed by atoms with Gasteiger partial charge < -0.3 is 9.80 Å². The van der Waals surface area contributed by atoms with Crippen molar-refractivity contribution in [3.8, 4) is 0 Å². The SMILES string of the molecule is CC(C)CC1NCN(CC2(N(C)C)CCC2)C1=O. The molecule has 1 N–H and O–H groups in total. The molecule has 2 aliphatic rings. The fraction of sp³-hybridized carbons (Fsp3) is 0.929. The molecule has 1 atom stereocenters. The summed E-state index contributed by atoms with van der Waals surface area (Å²) < 4.78 is 0. The van der Waals surface area contributed by atoms with E-state index < -0.39 is 0 Å². The van der Waals surface area contributed by atoms with Crippen LogP contribution in [0, 0.1) is 5.92 Å². The molecule has 0 aromatic carbocycles. The van der Waals surface area contributed by atoms with Crippen molar-refractivity contribution in [1.82, 2.24) is 15.1 Å². The maximum absolute atomic E-state index is 12.3. The number of hydrogen-bond acceptors (Lipinski definition) is 3. The summed E-state index contributed by atoms with van der Waals surface area (Å²) in [6, 6.07) is 0.0456. The van der Waals surface area contributed by atoms with Gasteiger partial charge in [0.1, 0.15) is 0 Å². The lowest BCUT2D eigenvalue weighted by Gasteiger charge is -2.49. The van der Waals surface area contributed by atoms with Gasteiger partial charge in [0.15, 0.2) is 0 Å². The summed E-state index contributed by atoms with van der Waals surface area (Å²) in [5.41, 5.74) is 0.240. The van der Waals surface area contributed by atoms with Gasteiger partial charge in [-0.25, -0.2) is 0 Å². The third-order valence-electron chi connectivity index (χ3n) is 4.56. The highest BCUT2D eigenvalue weighted by Crippen LogP contribution is 2.37. The molecule has 1 heterocycles. The van der Waals surface area contributed by atoms with Crippen LogP contribution in [0.1, 0.15) is 39.5 Å². The Morgan fingerprint density at radius 1 is 1.44 bits per heavy atom. The lowest BCUT2D eigenvalue weighted by atomic mass is 9.75. The number of hydrogen-bond donors (Lipinski definition) is 1. The topological polar surface area (TPSA) is 35.6 Å². The second-order valence-electron chi connectivity index (χ2n) is 6.55. The number of rotatable bonds is 5. The van der Waals surface area contributed by atoms with E-state index >= 15 is 0 Å². The summed E-state index contributed by atoms with van der Waals surface area (Å²) >= 11 is 0. The minimum absolute atomic E-state index is 0.0456. The van der Waals surface area contributed by atoms with E-state index in [0.717, 1.165) is 19.6 Å². The molecule has 0 radical (unpaired) electrons. The Morgan fingerprint density at radius 3 is 2.56 bits per heavy atom. The van der Waals surface area contributed by atoms with Crippen LogP contribution in [0.15, 0.2) is 0 Å². The molecule has 4 heteroatoms. The zero-order valence-electron chi connectivity index (χ0n) is 12.2. The number of nitrogens with zero attached hydrogens (tertiary/aromatic N) is 2. The first-order valence-electron chi connectivity index (χ1n) is 7.14. The standard InChI is InChI=1S/C14H27N3O/c1-11(2)8-12-13(18)17(10-15-12)9-14(16(3)4)6-5-7-14/h11-12,15H,5-10H2,1-4H3. The van der Waals surface area contributed by atoms with Gasteiger partial charge in [0.25, 0.3) is 0 Å². The van der Waals surface area contributed by atoms with Crippen LogP contribution in [-0.2, 0) is 4.79 Å². The van der Waals surface area contributed by atoms with Crippen LogP contribution in [0.25, 0.3) is 0 Å². The molecular formula is C14H27N3O. The minimum Gasteiger partial charge on any atom is -0.327 e. The van der Waals surface area contributed by atoms with E-state index in [1.807, 2.05) is 4.90 Å². The van der Waals surface area contributed by atoms with Crippen molar-refractivity contribution in [2.45, 2.75) is 51.1 Å². The molecular weight excluding hydrogens is 226 g/mol. The van der Waals surface area contributed by atoms with Gasteiger partial charge in [-0.1, -0.05) is 13.8 Å². The molecule has 2 rings (SSSR count). The van der Waals surface area contributed by atoms with Gasteiger partial charge in [-0.15, -0.1) is 0 Å². The van der Waals surface area contributed by atoms with Crippen molar-refractivity contribution in [3.63, 3.8) is 0 Å². The molecule has 0 spiro atoms. The summed E-state index contributed by atoms with van der Waals surface area (Å²) in [6.45, 7) is 5.96. The van der Waals surface area contributed by atoms with Crippen LogP contribution in [0.3, 0.4) is 0 Å². The largest absolute Gasteiger partial charge is 0.327 e. The van der Waals surface area contributed by atoms with Crippen molar-refractivity contribution >= 4 is 5.91 Å². The summed E-state index contributed by atoms with van der Waals surface area (Å²) in [6.07, 6.45) is 4.69. The first-order valence-corrected chi connectivity index (χ1v) is 7.14. The van der Waals surface area contributed by atoms with E-state index in [1.165, 1.54) is 19.3 Å². The molecule has 0 aromatic heterocycles. The molecule has 2 fully saturated rings. The van der Waals surface area contributed by atoms with Crippen molar-refractivity contribution in [2.75, 3.05) is 27.3 Å². The molecule has 104 valence electrons. The van der Waals surface area contributed by atoms with Crippen molar-refractivity contribution in [1.29, 1.82) is 0 Å². The van der Waals surface area contributed by atoms with Gasteiger partial charge >= 0.3 is 0 Å². The van der Waals surface area contributed by atoms with Crippen LogP contribution in [-0.4, -0.2) is 54.6 Å². The molecule has 4 nitrogen and oxygen atoms in total. The first-order chi connectivity index (χ1) is 8.44. The van der Waals surface area contributed by atoms with Crippen molar-refractivity contribution in [2.24, 2.45) is 5.92 Å². The van der Waals surface area contributed by atoms with Gasteiger partial charge in [0.2, 0.25) is 5.91 Å². The Morgan fingerprint density at radius 2 is 2.11 bits per heavy atom. The molecule has 1 saturated heterocycles. The van der Waals surface area contributed by atoms with E-state index in [1.54, 1.807) is 0 Å². The third-order valence-corrected chi connectivity index (χ3v) is 4.56. The normalized spacial score (nSPS) is 27.1. The highest BCUT2D eigenvalue weighted by Gasteiger charge is 2.43. The van der Waals surface area contributed by atoms with Gasteiger partial charge in [-0.2, -0.15) is 0 Å². The second kappa shape index (κ2) is 5.17. The summed E-state index contributed by atoms with van der Waals surface area (Å²) in [5, 5.41) is 3.36. The predicted molar refractivity (Wildman–Crippen MR) is 73.2 cm³/mol. The molecule has 18 heavy (non-hydrogen) atoms. The van der Waals surface area contributed by atoms with Gasteiger partial charge in [0.05, 0.1) is 12.7 Å². The van der Waals surface area contributed by atoms with Gasteiger partial charge in [-0.3, -0.25) is 10.1 Å². The summed E-state index contributed by atoms with van der Waals surface area (Å²) in [4.78, 5) is 16.7. The molecule has 1 aliphatic heterocycles. The highest BCUT2D eigenvalue weighted by molar-refractivity contribution is 5.83. The zero-order chi connectivity index (χ0) is 13.3. The number of carbonyl (C=O) groups excluding carboxylic acids is 1. The van der Waals surface area contributed by atoms with Gasteiger partial charge in [-0.05, 0) is 45.7 Å².